The Morgan fingerprint density at radius 3 is 1.81 bits per heavy atom. The first-order valence-corrected chi connectivity index (χ1v) is 15.8. The molecular weight excluding hydrogens is 579 g/mol. The van der Waals surface area contributed by atoms with E-state index in [1.807, 2.05) is 87.8 Å². The number of benzene rings is 2. The Bertz CT molecular complexity index is 1000. The molecule has 0 heterocycles. The zero-order valence-electron chi connectivity index (χ0n) is 25.1. The monoisotopic (exact) mass is 622 g/mol. The summed E-state index contributed by atoms with van der Waals surface area (Å²) in [5.41, 5.74) is 2.06. The van der Waals surface area contributed by atoms with Gasteiger partial charge in [0, 0.05) is 35.6 Å². The van der Waals surface area contributed by atoms with Crippen LogP contribution in [0.15, 0.2) is 72.8 Å². The molecule has 0 saturated heterocycles. The fourth-order valence-electron chi connectivity index (χ4n) is 4.70. The van der Waals surface area contributed by atoms with Crippen LogP contribution in [-0.2, 0) is 31.4 Å². The number of ether oxygens (including phenoxy) is 1. The van der Waals surface area contributed by atoms with Gasteiger partial charge in [0.05, 0.1) is 0 Å². The second kappa shape index (κ2) is 19.5. The summed E-state index contributed by atoms with van der Waals surface area (Å²) < 4.78 is 6.20. The summed E-state index contributed by atoms with van der Waals surface area (Å²) in [6.45, 7) is 12.7. The van der Waals surface area contributed by atoms with Gasteiger partial charge < -0.3 is 9.53 Å². The van der Waals surface area contributed by atoms with Gasteiger partial charge in [0.25, 0.3) is 0 Å². The van der Waals surface area contributed by atoms with Gasteiger partial charge >= 0.3 is 5.97 Å². The Labute approximate surface area is 267 Å². The molecule has 0 unspecified atom stereocenters. The molecule has 2 aromatic carbocycles. The number of hydrogen-bond acceptors (Lipinski definition) is 3. The van der Waals surface area contributed by atoms with Gasteiger partial charge in [-0.1, -0.05) is 101 Å². The maximum atomic E-state index is 13.7. The summed E-state index contributed by atoms with van der Waals surface area (Å²) in [5.74, 6) is 1.09. The van der Waals surface area contributed by atoms with Gasteiger partial charge in [0.1, 0.15) is 18.3 Å². The quantitative estimate of drug-likeness (QED) is 0.0759. The fourth-order valence-corrected chi connectivity index (χ4v) is 7.14. The molecule has 0 aliphatic heterocycles. The van der Waals surface area contributed by atoms with Crippen LogP contribution in [0.25, 0.3) is 0 Å². The van der Waals surface area contributed by atoms with Crippen LogP contribution in [0, 0.1) is 80.7 Å². The van der Waals surface area contributed by atoms with Crippen molar-refractivity contribution in [3.8, 4) is 0 Å². The van der Waals surface area contributed by atoms with Crippen LogP contribution in [-0.4, -0.2) is 18.4 Å². The fraction of sp³-hybridized carbons (Fsp3) is 0.297. The second-order valence-electron chi connectivity index (χ2n) is 11.0. The predicted octanol–water partition coefficient (Wildman–Crippen LogP) is 7.64. The molecule has 0 bridgehead atoms. The third-order valence-corrected chi connectivity index (χ3v) is 9.83. The van der Waals surface area contributed by atoms with Crippen molar-refractivity contribution in [2.24, 2.45) is 17.8 Å². The first-order valence-electron chi connectivity index (χ1n) is 14.5. The Morgan fingerprint density at radius 2 is 1.36 bits per heavy atom. The van der Waals surface area contributed by atoms with E-state index in [2.05, 4.69) is 58.5 Å². The van der Waals surface area contributed by atoms with Crippen molar-refractivity contribution in [1.29, 1.82) is 0 Å². The van der Waals surface area contributed by atoms with E-state index in [0.29, 0.717) is 37.0 Å². The number of carbonyl (C=O) groups excluding carboxylic acids is 2. The van der Waals surface area contributed by atoms with E-state index in [-0.39, 0.29) is 35.1 Å². The Balaban J connectivity index is 0.000000927. The number of esters is 1. The largest absolute Gasteiger partial charge is 0.462 e. The van der Waals surface area contributed by atoms with Crippen LogP contribution in [0.3, 0.4) is 0 Å². The van der Waals surface area contributed by atoms with Crippen LogP contribution in [0.1, 0.15) is 47.0 Å². The Kier molecular flexibility index (Phi) is 17.0. The molecule has 222 valence electrons. The van der Waals surface area contributed by atoms with E-state index in [1.165, 1.54) is 10.6 Å². The number of hydrogen-bond donors (Lipinski definition) is 0. The normalized spacial score (nSPS) is 16.9. The molecule has 2 aromatic rings. The van der Waals surface area contributed by atoms with E-state index < -0.39 is 7.92 Å². The van der Waals surface area contributed by atoms with Gasteiger partial charge in [-0.2, -0.15) is 0 Å². The SMILES string of the molecule is C=C(C[C@H](C[C@H](CC=O)C(C)C)OC(=O)[C]1[CH][CH][CH][C]1P(c1ccccc1)c1ccccc1)C(C)C.[CH]1[CH][CH][CH][CH]1.[Fe]. The molecule has 2 atom stereocenters. The van der Waals surface area contributed by atoms with Gasteiger partial charge in [-0.25, -0.2) is 0 Å². The Morgan fingerprint density at radius 1 is 0.833 bits per heavy atom. The van der Waals surface area contributed by atoms with Gasteiger partial charge in [-0.05, 0) is 94.1 Å². The molecular formula is C37H43FeO3P. The van der Waals surface area contributed by atoms with Crippen LogP contribution >= 0.6 is 7.92 Å². The van der Waals surface area contributed by atoms with Crippen molar-refractivity contribution in [3.63, 3.8) is 0 Å². The molecule has 5 heteroatoms. The summed E-state index contributed by atoms with van der Waals surface area (Å²) in [6, 6.07) is 20.7. The molecule has 2 aliphatic carbocycles. The summed E-state index contributed by atoms with van der Waals surface area (Å²) in [7, 11) is -0.912. The van der Waals surface area contributed by atoms with Gasteiger partial charge in [0.15, 0.2) is 0 Å². The molecule has 4 rings (SSSR count). The topological polar surface area (TPSA) is 43.4 Å². The van der Waals surface area contributed by atoms with Crippen molar-refractivity contribution >= 4 is 30.8 Å². The van der Waals surface area contributed by atoms with E-state index in [1.54, 1.807) is 0 Å². The Hall–Kier alpha value is -1.73. The van der Waals surface area contributed by atoms with Crippen molar-refractivity contribution in [2.75, 3.05) is 0 Å². The molecule has 0 aromatic heterocycles. The zero-order chi connectivity index (χ0) is 29.6. The molecule has 10 radical (unpaired) electrons. The summed E-state index contributed by atoms with van der Waals surface area (Å²) in [6.07, 6.45) is 18.2. The van der Waals surface area contributed by atoms with Crippen molar-refractivity contribution < 1.29 is 31.4 Å². The minimum Gasteiger partial charge on any atom is -0.462 e. The van der Waals surface area contributed by atoms with Crippen LogP contribution < -0.4 is 10.6 Å². The molecule has 42 heavy (non-hydrogen) atoms. The molecule has 2 fully saturated rings. The first kappa shape index (κ1) is 36.5. The van der Waals surface area contributed by atoms with Crippen LogP contribution in [0.2, 0.25) is 0 Å². The van der Waals surface area contributed by atoms with E-state index >= 15 is 0 Å². The number of rotatable bonds is 13. The van der Waals surface area contributed by atoms with Crippen molar-refractivity contribution in [1.82, 2.24) is 0 Å². The molecule has 0 spiro atoms. The number of aldehydes is 1. The van der Waals surface area contributed by atoms with Gasteiger partial charge in [-0.15, -0.1) is 0 Å². The zero-order valence-corrected chi connectivity index (χ0v) is 27.1. The summed E-state index contributed by atoms with van der Waals surface area (Å²) in [4.78, 5) is 25.0. The average Bonchev–Trinajstić information content (AvgIpc) is 3.70. The molecule has 3 nitrogen and oxygen atoms in total. The third-order valence-electron chi connectivity index (χ3n) is 7.33. The predicted molar refractivity (Wildman–Crippen MR) is 172 cm³/mol. The molecule has 2 saturated carbocycles. The van der Waals surface area contributed by atoms with Crippen molar-refractivity contribution in [3.05, 3.63) is 136 Å². The standard InChI is InChI=1S/C32H38O3P.C5H5.Fe/c1-23(2)25(5)21-27(22-26(19-20-33)24(3)4)35-32(34)30-17-12-18-31(30)36(28-13-8-6-9-14-28)29-15-10-7-11-16-29;1-2-4-5-3-1;/h6-18,20,23-24,26-27H,5,19,21-22H2,1-4H3;1-5H;/t26-,27+;;/m0../s1. The minimum absolute atomic E-state index is 0. The summed E-state index contributed by atoms with van der Waals surface area (Å²) >= 11 is 0. The van der Waals surface area contributed by atoms with Crippen molar-refractivity contribution in [2.45, 2.75) is 53.1 Å². The van der Waals surface area contributed by atoms with Crippen LogP contribution in [0.4, 0.5) is 0 Å². The minimum atomic E-state index is -0.912. The second-order valence-corrected chi connectivity index (χ2v) is 13.2. The van der Waals surface area contributed by atoms with E-state index in [0.717, 1.165) is 17.5 Å². The molecule has 0 amide bonds. The van der Waals surface area contributed by atoms with Gasteiger partial charge in [-0.3, -0.25) is 4.79 Å². The van der Waals surface area contributed by atoms with E-state index in [9.17, 15) is 9.59 Å². The molecule has 2 aliphatic rings. The number of carbonyl (C=O) groups is 2. The smallest absolute Gasteiger partial charge is 0.314 e. The third kappa shape index (κ3) is 11.4. The maximum Gasteiger partial charge on any atom is 0.314 e. The van der Waals surface area contributed by atoms with Crippen LogP contribution in [0.5, 0.6) is 0 Å². The molecule has 0 N–H and O–H groups in total. The average molecular weight is 623 g/mol. The first-order chi connectivity index (χ1) is 19.8. The van der Waals surface area contributed by atoms with Gasteiger partial charge in [0.2, 0.25) is 0 Å². The maximum absolute atomic E-state index is 13.7. The van der Waals surface area contributed by atoms with E-state index in [4.69, 9.17) is 4.74 Å². The summed E-state index contributed by atoms with van der Waals surface area (Å²) in [5, 5.41) is 2.38.